The van der Waals surface area contributed by atoms with Gasteiger partial charge in [-0.2, -0.15) is 0 Å². The van der Waals surface area contributed by atoms with Crippen molar-refractivity contribution in [2.45, 2.75) is 13.8 Å². The number of benzene rings is 1. The van der Waals surface area contributed by atoms with Crippen LogP contribution in [0.25, 0.3) is 5.69 Å². The fourth-order valence-electron chi connectivity index (χ4n) is 1.79. The Kier molecular flexibility index (Phi) is 2.42. The van der Waals surface area contributed by atoms with E-state index in [1.807, 2.05) is 12.4 Å². The summed E-state index contributed by atoms with van der Waals surface area (Å²) in [4.78, 5) is 0. The highest BCUT2D eigenvalue weighted by molar-refractivity contribution is 5.46. The van der Waals surface area contributed by atoms with Gasteiger partial charge in [-0.25, -0.2) is 0 Å². The molecule has 0 bridgehead atoms. The van der Waals surface area contributed by atoms with Crippen molar-refractivity contribution in [3.05, 3.63) is 59.2 Å². The fourth-order valence-corrected chi connectivity index (χ4v) is 1.79. The van der Waals surface area contributed by atoms with Gasteiger partial charge in [0, 0.05) is 12.4 Å². The largest absolute Gasteiger partial charge is 0.323 e. The zero-order valence-corrected chi connectivity index (χ0v) is 8.99. The van der Waals surface area contributed by atoms with E-state index in [0.717, 1.165) is 0 Å². The van der Waals surface area contributed by atoms with Crippen LogP contribution in [0.1, 0.15) is 11.1 Å². The Bertz CT molecular complexity index is 498. The normalized spacial score (nSPS) is 10.3. The van der Waals surface area contributed by atoms with Gasteiger partial charge in [-0.05, 0) is 37.1 Å². The predicted octanol–water partition coefficient (Wildman–Crippen LogP) is 2.57. The number of hydrogen-bond acceptors (Lipinski definition) is 1. The molecule has 0 saturated carbocycles. The number of hydrogen-bond donors (Lipinski definition) is 1. The Morgan fingerprint density at radius 3 is 2.00 bits per heavy atom. The van der Waals surface area contributed by atoms with Crippen molar-refractivity contribution in [3.63, 3.8) is 0 Å². The minimum atomic E-state index is 0.539. The Morgan fingerprint density at radius 2 is 1.47 bits per heavy atom. The molecule has 2 rings (SSSR count). The molecule has 0 atom stereocenters. The maximum Gasteiger partial charge on any atom is 0.0569 e. The molecule has 0 aliphatic carbocycles. The van der Waals surface area contributed by atoms with Crippen LogP contribution in [0.15, 0.2) is 42.7 Å². The first-order chi connectivity index (χ1) is 7.18. The van der Waals surface area contributed by atoms with Crippen molar-refractivity contribution in [2.75, 3.05) is 0 Å². The molecule has 0 saturated heterocycles. The lowest BCUT2D eigenvalue weighted by atomic mass is 10.1. The number of nitrogens with zero attached hydrogens (tertiary/aromatic N) is 1. The van der Waals surface area contributed by atoms with E-state index in [4.69, 9.17) is 5.41 Å². The van der Waals surface area contributed by atoms with Crippen LogP contribution < -0.4 is 5.36 Å². The Labute approximate surface area is 89.3 Å². The summed E-state index contributed by atoms with van der Waals surface area (Å²) in [6.07, 6.45) is 3.86. The molecule has 0 aliphatic heterocycles. The van der Waals surface area contributed by atoms with Crippen molar-refractivity contribution < 1.29 is 0 Å². The molecule has 0 amide bonds. The minimum Gasteiger partial charge on any atom is -0.323 e. The van der Waals surface area contributed by atoms with Crippen LogP contribution in [-0.4, -0.2) is 4.57 Å². The van der Waals surface area contributed by atoms with Gasteiger partial charge in [0.05, 0.1) is 11.0 Å². The molecule has 76 valence electrons. The van der Waals surface area contributed by atoms with Gasteiger partial charge in [-0.15, -0.1) is 0 Å². The second-order valence-corrected chi connectivity index (χ2v) is 3.73. The second kappa shape index (κ2) is 3.73. The maximum atomic E-state index is 7.45. The molecule has 0 fully saturated rings. The second-order valence-electron chi connectivity index (χ2n) is 3.73. The summed E-state index contributed by atoms with van der Waals surface area (Å²) in [5, 5.41) is 7.99. The zero-order valence-electron chi connectivity index (χ0n) is 8.99. The summed E-state index contributed by atoms with van der Waals surface area (Å²) in [7, 11) is 0. The van der Waals surface area contributed by atoms with E-state index < -0.39 is 0 Å². The average molecular weight is 198 g/mol. The Morgan fingerprint density at radius 1 is 0.933 bits per heavy atom. The third kappa shape index (κ3) is 1.84. The first kappa shape index (κ1) is 9.71. The summed E-state index contributed by atoms with van der Waals surface area (Å²) >= 11 is 0. The van der Waals surface area contributed by atoms with E-state index in [1.165, 1.54) is 16.8 Å². The van der Waals surface area contributed by atoms with E-state index in [1.54, 1.807) is 12.1 Å². The van der Waals surface area contributed by atoms with Crippen LogP contribution in [0, 0.1) is 19.3 Å². The fraction of sp³-hybridized carbons (Fsp3) is 0.154. The molecule has 2 aromatic rings. The van der Waals surface area contributed by atoms with Crippen LogP contribution in [0.3, 0.4) is 0 Å². The van der Waals surface area contributed by atoms with Gasteiger partial charge >= 0.3 is 0 Å². The van der Waals surface area contributed by atoms with Crippen molar-refractivity contribution in [1.82, 2.24) is 4.57 Å². The predicted molar refractivity (Wildman–Crippen MR) is 61.1 cm³/mol. The number of pyridine rings is 1. The van der Waals surface area contributed by atoms with E-state index in [2.05, 4.69) is 36.6 Å². The third-order valence-corrected chi connectivity index (χ3v) is 2.53. The van der Waals surface area contributed by atoms with Crippen LogP contribution in [-0.2, 0) is 0 Å². The highest BCUT2D eigenvalue weighted by Crippen LogP contribution is 2.17. The van der Waals surface area contributed by atoms with Crippen LogP contribution in [0.4, 0.5) is 0 Å². The molecule has 0 aliphatic rings. The highest BCUT2D eigenvalue weighted by Gasteiger charge is 2.01. The molecular formula is C13H14N2. The molecular weight excluding hydrogens is 184 g/mol. The molecule has 0 radical (unpaired) electrons. The van der Waals surface area contributed by atoms with E-state index in [-0.39, 0.29) is 0 Å². The molecule has 1 N–H and O–H groups in total. The highest BCUT2D eigenvalue weighted by atomic mass is 14.9. The number of rotatable bonds is 1. The van der Waals surface area contributed by atoms with Gasteiger partial charge in [0.2, 0.25) is 0 Å². The standard InChI is InChI=1S/C13H14N2/c1-10-4-3-5-11(2)13(10)15-8-6-12(14)7-9-15/h3-9,14H,1-2H3. The lowest BCUT2D eigenvalue weighted by molar-refractivity contribution is 0.998. The Balaban J connectivity index is 2.63. The first-order valence-corrected chi connectivity index (χ1v) is 4.98. The first-order valence-electron chi connectivity index (χ1n) is 4.98. The summed E-state index contributed by atoms with van der Waals surface area (Å²) in [5.41, 5.74) is 3.70. The van der Waals surface area contributed by atoms with E-state index in [0.29, 0.717) is 5.36 Å². The van der Waals surface area contributed by atoms with Crippen molar-refractivity contribution in [3.8, 4) is 5.69 Å². The summed E-state index contributed by atoms with van der Waals surface area (Å²) in [5.74, 6) is 0. The van der Waals surface area contributed by atoms with Crippen molar-refractivity contribution in [1.29, 1.82) is 5.41 Å². The molecule has 1 aromatic carbocycles. The Hall–Kier alpha value is -1.83. The number of aromatic nitrogens is 1. The van der Waals surface area contributed by atoms with Gasteiger partial charge < -0.3 is 9.98 Å². The van der Waals surface area contributed by atoms with Gasteiger partial charge in [0.1, 0.15) is 0 Å². The lowest BCUT2D eigenvalue weighted by Crippen LogP contribution is -2.04. The average Bonchev–Trinajstić information content (AvgIpc) is 2.20. The number of aryl methyl sites for hydroxylation is 2. The summed E-state index contributed by atoms with van der Waals surface area (Å²) in [6, 6.07) is 9.86. The number of para-hydroxylation sites is 1. The van der Waals surface area contributed by atoms with Gasteiger partial charge in [0.25, 0.3) is 0 Å². The van der Waals surface area contributed by atoms with Crippen LogP contribution in [0.5, 0.6) is 0 Å². The lowest BCUT2D eigenvalue weighted by Gasteiger charge is -2.12. The van der Waals surface area contributed by atoms with Gasteiger partial charge in [-0.3, -0.25) is 0 Å². The molecule has 2 nitrogen and oxygen atoms in total. The van der Waals surface area contributed by atoms with Crippen LogP contribution >= 0.6 is 0 Å². The molecule has 2 heteroatoms. The molecule has 1 heterocycles. The molecule has 0 spiro atoms. The third-order valence-electron chi connectivity index (χ3n) is 2.53. The summed E-state index contributed by atoms with van der Waals surface area (Å²) < 4.78 is 2.06. The monoisotopic (exact) mass is 198 g/mol. The van der Waals surface area contributed by atoms with Crippen molar-refractivity contribution in [2.24, 2.45) is 0 Å². The van der Waals surface area contributed by atoms with Gasteiger partial charge in [-0.1, -0.05) is 18.2 Å². The van der Waals surface area contributed by atoms with E-state index in [9.17, 15) is 0 Å². The zero-order chi connectivity index (χ0) is 10.8. The number of nitrogens with one attached hydrogen (secondary N) is 1. The molecule has 1 aromatic heterocycles. The topological polar surface area (TPSA) is 28.8 Å². The quantitative estimate of drug-likeness (QED) is 0.729. The SMILES string of the molecule is Cc1cccc(C)c1-n1ccc(=N)cc1. The van der Waals surface area contributed by atoms with Crippen molar-refractivity contribution >= 4 is 0 Å². The smallest absolute Gasteiger partial charge is 0.0569 e. The maximum absolute atomic E-state index is 7.45. The van der Waals surface area contributed by atoms with E-state index >= 15 is 0 Å². The van der Waals surface area contributed by atoms with Gasteiger partial charge in [0.15, 0.2) is 0 Å². The minimum absolute atomic E-state index is 0.539. The summed E-state index contributed by atoms with van der Waals surface area (Å²) in [6.45, 7) is 4.20. The molecule has 15 heavy (non-hydrogen) atoms. The van der Waals surface area contributed by atoms with Crippen LogP contribution in [0.2, 0.25) is 0 Å². The molecule has 0 unspecified atom stereocenters.